The number of pyridine rings is 1. The highest BCUT2D eigenvalue weighted by Gasteiger charge is 2.22. The first-order valence-corrected chi connectivity index (χ1v) is 7.63. The Bertz CT molecular complexity index is 829. The normalized spacial score (nSPS) is 13.8. The Morgan fingerprint density at radius 2 is 1.96 bits per heavy atom. The molecule has 4 rings (SSSR count). The zero-order valence-electron chi connectivity index (χ0n) is 12.8. The van der Waals surface area contributed by atoms with E-state index in [4.69, 9.17) is 0 Å². The smallest absolute Gasteiger partial charge is 0.223 e. The first-order chi connectivity index (χ1) is 11.3. The molecule has 1 aliphatic rings. The third-order valence-corrected chi connectivity index (χ3v) is 3.69. The molecule has 1 saturated carbocycles. The molecule has 1 aliphatic carbocycles. The monoisotopic (exact) mass is 304 g/mol. The molecule has 3 aromatic heterocycles. The predicted octanol–water partition coefficient (Wildman–Crippen LogP) is 2.88. The molecule has 6 nitrogen and oxygen atoms in total. The predicted molar refractivity (Wildman–Crippen MR) is 87.7 cm³/mol. The third kappa shape index (κ3) is 3.01. The Kier molecular flexibility index (Phi) is 3.42. The first-order valence-electron chi connectivity index (χ1n) is 7.63. The van der Waals surface area contributed by atoms with Crippen molar-refractivity contribution in [3.05, 3.63) is 48.8 Å². The number of aryl methyl sites for hydroxylation is 1. The van der Waals surface area contributed by atoms with Crippen LogP contribution in [0.4, 0.5) is 5.95 Å². The molecule has 23 heavy (non-hydrogen) atoms. The van der Waals surface area contributed by atoms with Gasteiger partial charge in [-0.05, 0) is 38.0 Å². The molecule has 0 radical (unpaired) electrons. The van der Waals surface area contributed by atoms with Crippen molar-refractivity contribution in [1.82, 2.24) is 24.9 Å². The molecule has 114 valence electrons. The maximum absolute atomic E-state index is 4.62. The molecule has 0 saturated heterocycles. The molecule has 0 spiro atoms. The molecular formula is C17H16N6. The van der Waals surface area contributed by atoms with Crippen molar-refractivity contribution in [2.24, 2.45) is 0 Å². The summed E-state index contributed by atoms with van der Waals surface area (Å²) in [6.45, 7) is 1.88. The van der Waals surface area contributed by atoms with Crippen molar-refractivity contribution in [3.8, 4) is 22.5 Å². The summed E-state index contributed by atoms with van der Waals surface area (Å²) >= 11 is 0. The molecule has 0 atom stereocenters. The number of hydrogen-bond acceptors (Lipinski definition) is 6. The topological polar surface area (TPSA) is 76.5 Å². The Hall–Kier alpha value is -2.89. The standard InChI is InChI=1S/C17H16N6/c1-11-20-10-14(16(21-11)12-3-2-7-18-9-12)15-6-8-19-17(23-15)22-13-4-5-13/h2-3,6-10,13H,4-5H2,1H3,(H,19,22,23). The summed E-state index contributed by atoms with van der Waals surface area (Å²) < 4.78 is 0. The first kappa shape index (κ1) is 13.8. The van der Waals surface area contributed by atoms with Crippen molar-refractivity contribution in [3.63, 3.8) is 0 Å². The van der Waals surface area contributed by atoms with Crippen LogP contribution < -0.4 is 5.32 Å². The summed E-state index contributed by atoms with van der Waals surface area (Å²) in [4.78, 5) is 22.0. The Labute approximate surface area is 134 Å². The fourth-order valence-electron chi connectivity index (χ4n) is 2.37. The summed E-state index contributed by atoms with van der Waals surface area (Å²) in [5.41, 5.74) is 3.47. The van der Waals surface area contributed by atoms with Crippen LogP contribution >= 0.6 is 0 Å². The zero-order valence-corrected chi connectivity index (χ0v) is 12.8. The fraction of sp³-hybridized carbons (Fsp3) is 0.235. The molecule has 1 fully saturated rings. The SMILES string of the molecule is Cc1ncc(-c2ccnc(NC3CC3)n2)c(-c2cccnc2)n1. The van der Waals surface area contributed by atoms with E-state index in [0.29, 0.717) is 12.0 Å². The van der Waals surface area contributed by atoms with Crippen molar-refractivity contribution < 1.29 is 0 Å². The molecular weight excluding hydrogens is 288 g/mol. The van der Waals surface area contributed by atoms with Crippen LogP contribution in [-0.2, 0) is 0 Å². The van der Waals surface area contributed by atoms with Gasteiger partial charge in [0.15, 0.2) is 0 Å². The molecule has 0 bridgehead atoms. The van der Waals surface area contributed by atoms with E-state index in [-0.39, 0.29) is 0 Å². The lowest BCUT2D eigenvalue weighted by molar-refractivity contribution is 1.04. The second kappa shape index (κ2) is 5.72. The molecule has 6 heteroatoms. The Balaban J connectivity index is 1.79. The molecule has 0 unspecified atom stereocenters. The minimum absolute atomic E-state index is 0.511. The number of aromatic nitrogens is 5. The van der Waals surface area contributed by atoms with E-state index < -0.39 is 0 Å². The average Bonchev–Trinajstić information content (AvgIpc) is 3.40. The van der Waals surface area contributed by atoms with E-state index in [0.717, 1.165) is 28.3 Å². The van der Waals surface area contributed by atoms with E-state index in [1.54, 1.807) is 18.6 Å². The van der Waals surface area contributed by atoms with Gasteiger partial charge in [0.05, 0.1) is 11.4 Å². The van der Waals surface area contributed by atoms with Gasteiger partial charge < -0.3 is 5.32 Å². The average molecular weight is 304 g/mol. The van der Waals surface area contributed by atoms with Crippen molar-refractivity contribution >= 4 is 5.95 Å². The summed E-state index contributed by atoms with van der Waals surface area (Å²) in [5, 5.41) is 3.32. The van der Waals surface area contributed by atoms with Crippen LogP contribution in [0.25, 0.3) is 22.5 Å². The van der Waals surface area contributed by atoms with Gasteiger partial charge in [0, 0.05) is 42.0 Å². The lowest BCUT2D eigenvalue weighted by atomic mass is 10.1. The van der Waals surface area contributed by atoms with Crippen LogP contribution in [0.3, 0.4) is 0 Å². The van der Waals surface area contributed by atoms with Crippen molar-refractivity contribution in [2.75, 3.05) is 5.32 Å². The number of nitrogens with one attached hydrogen (secondary N) is 1. The Morgan fingerprint density at radius 3 is 2.74 bits per heavy atom. The zero-order chi connectivity index (χ0) is 15.6. The van der Waals surface area contributed by atoms with E-state index in [9.17, 15) is 0 Å². The van der Waals surface area contributed by atoms with E-state index >= 15 is 0 Å². The number of nitrogens with zero attached hydrogens (tertiary/aromatic N) is 5. The molecule has 0 aromatic carbocycles. The summed E-state index contributed by atoms with van der Waals surface area (Å²) in [5.74, 6) is 1.38. The van der Waals surface area contributed by atoms with Gasteiger partial charge >= 0.3 is 0 Å². The van der Waals surface area contributed by atoms with Gasteiger partial charge in [-0.15, -0.1) is 0 Å². The summed E-state index contributed by atoms with van der Waals surface area (Å²) in [7, 11) is 0. The lowest BCUT2D eigenvalue weighted by Crippen LogP contribution is -2.06. The van der Waals surface area contributed by atoms with Gasteiger partial charge in [-0.2, -0.15) is 0 Å². The minimum Gasteiger partial charge on any atom is -0.351 e. The van der Waals surface area contributed by atoms with Gasteiger partial charge in [-0.25, -0.2) is 19.9 Å². The number of anilines is 1. The summed E-state index contributed by atoms with van der Waals surface area (Å²) in [6, 6.07) is 6.28. The second-order valence-electron chi connectivity index (χ2n) is 5.61. The largest absolute Gasteiger partial charge is 0.351 e. The van der Waals surface area contributed by atoms with Crippen molar-refractivity contribution in [1.29, 1.82) is 0 Å². The highest BCUT2D eigenvalue weighted by molar-refractivity contribution is 5.78. The van der Waals surface area contributed by atoms with E-state index in [2.05, 4.69) is 30.2 Å². The van der Waals surface area contributed by atoms with Gasteiger partial charge in [0.25, 0.3) is 0 Å². The fourth-order valence-corrected chi connectivity index (χ4v) is 2.37. The molecule has 1 N–H and O–H groups in total. The van der Waals surface area contributed by atoms with E-state index in [1.165, 1.54) is 12.8 Å². The highest BCUT2D eigenvalue weighted by atomic mass is 15.1. The molecule has 3 aromatic rings. The van der Waals surface area contributed by atoms with Crippen molar-refractivity contribution in [2.45, 2.75) is 25.8 Å². The van der Waals surface area contributed by atoms with Crippen LogP contribution in [0.5, 0.6) is 0 Å². The van der Waals surface area contributed by atoms with Gasteiger partial charge in [0.2, 0.25) is 5.95 Å². The maximum atomic E-state index is 4.62. The molecule has 0 amide bonds. The minimum atomic E-state index is 0.511. The van der Waals surface area contributed by atoms with Crippen LogP contribution in [0.1, 0.15) is 18.7 Å². The van der Waals surface area contributed by atoms with E-state index in [1.807, 2.05) is 31.3 Å². The molecule has 0 aliphatic heterocycles. The van der Waals surface area contributed by atoms with Crippen LogP contribution in [-0.4, -0.2) is 31.0 Å². The van der Waals surface area contributed by atoms with Crippen LogP contribution in [0.2, 0.25) is 0 Å². The summed E-state index contributed by atoms with van der Waals surface area (Å²) in [6.07, 6.45) is 9.49. The molecule has 3 heterocycles. The highest BCUT2D eigenvalue weighted by Crippen LogP contribution is 2.29. The van der Waals surface area contributed by atoms with Crippen LogP contribution in [0, 0.1) is 6.92 Å². The van der Waals surface area contributed by atoms with Gasteiger partial charge in [0.1, 0.15) is 5.82 Å². The quantitative estimate of drug-likeness (QED) is 0.798. The Morgan fingerprint density at radius 1 is 1.04 bits per heavy atom. The van der Waals surface area contributed by atoms with Gasteiger partial charge in [-0.1, -0.05) is 0 Å². The number of hydrogen-bond donors (Lipinski definition) is 1. The lowest BCUT2D eigenvalue weighted by Gasteiger charge is -2.10. The number of rotatable bonds is 4. The second-order valence-corrected chi connectivity index (χ2v) is 5.61. The maximum Gasteiger partial charge on any atom is 0.223 e. The third-order valence-electron chi connectivity index (χ3n) is 3.69. The van der Waals surface area contributed by atoms with Gasteiger partial charge in [-0.3, -0.25) is 4.98 Å². The van der Waals surface area contributed by atoms with Crippen LogP contribution in [0.15, 0.2) is 43.0 Å².